The van der Waals surface area contributed by atoms with Crippen molar-refractivity contribution in [1.29, 1.82) is 0 Å². The molecular formula is C32H45ClN4O5. The number of halogens is 1. The van der Waals surface area contributed by atoms with Crippen molar-refractivity contribution in [1.82, 2.24) is 10.2 Å². The van der Waals surface area contributed by atoms with Crippen LogP contribution in [0.5, 0.6) is 0 Å². The summed E-state index contributed by atoms with van der Waals surface area (Å²) < 4.78 is 5.40. The summed E-state index contributed by atoms with van der Waals surface area (Å²) >= 11 is 6.45. The average molecular weight is 601 g/mol. The van der Waals surface area contributed by atoms with E-state index in [2.05, 4.69) is 10.6 Å². The summed E-state index contributed by atoms with van der Waals surface area (Å²) in [5.74, 6) is -1.59. The first-order chi connectivity index (χ1) is 19.6. The van der Waals surface area contributed by atoms with Gasteiger partial charge in [0.2, 0.25) is 11.8 Å². The van der Waals surface area contributed by atoms with Crippen LogP contribution in [0.15, 0.2) is 36.4 Å². The Balaban J connectivity index is 2.63. The Morgan fingerprint density at radius 3 is 2.26 bits per heavy atom. The van der Waals surface area contributed by atoms with Gasteiger partial charge in [-0.2, -0.15) is 0 Å². The largest absolute Gasteiger partial charge is 0.444 e. The lowest BCUT2D eigenvalue weighted by atomic mass is 9.97. The molecule has 0 aliphatic carbocycles. The minimum Gasteiger partial charge on any atom is -0.444 e. The molecule has 0 aromatic heterocycles. The molecular weight excluding hydrogens is 556 g/mol. The summed E-state index contributed by atoms with van der Waals surface area (Å²) in [6, 6.07) is 8.72. The first kappa shape index (κ1) is 34.6. The van der Waals surface area contributed by atoms with E-state index in [4.69, 9.17) is 22.1 Å². The minimum atomic E-state index is -1.15. The van der Waals surface area contributed by atoms with Crippen molar-refractivity contribution in [2.24, 2.45) is 5.73 Å². The number of nitrogens with two attached hydrogens (primary N) is 1. The molecule has 0 saturated heterocycles. The predicted octanol–water partition coefficient (Wildman–Crippen LogP) is 6.12. The van der Waals surface area contributed by atoms with Crippen molar-refractivity contribution >= 4 is 41.1 Å². The van der Waals surface area contributed by atoms with Crippen LogP contribution in [0.3, 0.4) is 0 Å². The smallest absolute Gasteiger partial charge is 0.408 e. The fourth-order valence-corrected chi connectivity index (χ4v) is 4.75. The Kier molecular flexibility index (Phi) is 12.8. The number of nitrogens with zero attached hydrogens (tertiary/aromatic N) is 1. The number of para-hydroxylation sites is 1. The molecule has 0 aliphatic rings. The highest BCUT2D eigenvalue weighted by Crippen LogP contribution is 2.30. The zero-order valence-electron chi connectivity index (χ0n) is 25.8. The number of primary amides is 1. The number of anilines is 1. The van der Waals surface area contributed by atoms with Crippen molar-refractivity contribution < 1.29 is 23.9 Å². The summed E-state index contributed by atoms with van der Waals surface area (Å²) in [6.45, 7) is 13.1. The van der Waals surface area contributed by atoms with Crippen LogP contribution >= 0.6 is 11.6 Å². The van der Waals surface area contributed by atoms with E-state index in [-0.39, 0.29) is 19.4 Å². The maximum Gasteiger partial charge on any atom is 0.408 e. The molecule has 4 N–H and O–H groups in total. The quantitative estimate of drug-likeness (QED) is 0.238. The van der Waals surface area contributed by atoms with E-state index < -0.39 is 41.5 Å². The predicted molar refractivity (Wildman–Crippen MR) is 166 cm³/mol. The molecule has 0 saturated carbocycles. The third kappa shape index (κ3) is 10.4. The summed E-state index contributed by atoms with van der Waals surface area (Å²) in [4.78, 5) is 54.4. The number of rotatable bonds is 13. The summed E-state index contributed by atoms with van der Waals surface area (Å²) in [7, 11) is 0. The first-order valence-corrected chi connectivity index (χ1v) is 14.7. The van der Waals surface area contributed by atoms with E-state index in [1.807, 2.05) is 52.0 Å². The molecule has 0 bridgehead atoms. The number of carbonyl (C=O) groups is 4. The fraction of sp³-hybridized carbons (Fsp3) is 0.500. The Bertz CT molecular complexity index is 1250. The fourth-order valence-electron chi connectivity index (χ4n) is 4.48. The van der Waals surface area contributed by atoms with Gasteiger partial charge in [-0.15, -0.1) is 0 Å². The SMILES string of the molecule is CCCCCN(C(=O)C(CCC(N)=O)NC(=O)OC(C)(C)C)C(C(=O)Nc1c(C)cccc1Cl)c1ccc(C)c(C)c1. The number of benzene rings is 2. The molecule has 0 spiro atoms. The summed E-state index contributed by atoms with van der Waals surface area (Å²) in [6.07, 6.45) is 1.33. The lowest BCUT2D eigenvalue weighted by Crippen LogP contribution is -2.53. The second-order valence-electron chi connectivity index (χ2n) is 11.6. The molecule has 0 heterocycles. The van der Waals surface area contributed by atoms with Crippen LogP contribution in [0, 0.1) is 20.8 Å². The second kappa shape index (κ2) is 15.6. The van der Waals surface area contributed by atoms with Gasteiger partial charge in [0, 0.05) is 13.0 Å². The normalized spacial score (nSPS) is 12.7. The molecule has 2 atom stereocenters. The van der Waals surface area contributed by atoms with Crippen LogP contribution in [-0.2, 0) is 19.1 Å². The highest BCUT2D eigenvalue weighted by atomic mass is 35.5. The molecule has 230 valence electrons. The van der Waals surface area contributed by atoms with E-state index in [9.17, 15) is 19.2 Å². The van der Waals surface area contributed by atoms with E-state index in [1.54, 1.807) is 32.9 Å². The molecule has 2 aromatic carbocycles. The van der Waals surface area contributed by atoms with Crippen molar-refractivity contribution in [2.45, 2.75) is 98.3 Å². The minimum absolute atomic E-state index is 0.0530. The number of aryl methyl sites for hydroxylation is 3. The molecule has 10 heteroatoms. The maximum atomic E-state index is 14.3. The zero-order valence-corrected chi connectivity index (χ0v) is 26.6. The number of hydrogen-bond acceptors (Lipinski definition) is 5. The number of hydrogen-bond donors (Lipinski definition) is 3. The van der Waals surface area contributed by atoms with Crippen LogP contribution in [-0.4, -0.2) is 46.9 Å². The van der Waals surface area contributed by atoms with E-state index in [0.29, 0.717) is 22.7 Å². The number of ether oxygens (including phenoxy) is 1. The maximum absolute atomic E-state index is 14.3. The van der Waals surface area contributed by atoms with Crippen molar-refractivity contribution in [2.75, 3.05) is 11.9 Å². The van der Waals surface area contributed by atoms with Gasteiger partial charge in [0.1, 0.15) is 17.7 Å². The monoisotopic (exact) mass is 600 g/mol. The molecule has 0 fully saturated rings. The number of unbranched alkanes of at least 4 members (excludes halogenated alkanes) is 2. The third-order valence-corrected chi connectivity index (χ3v) is 7.15. The van der Waals surface area contributed by atoms with Gasteiger partial charge in [-0.3, -0.25) is 14.4 Å². The number of carbonyl (C=O) groups excluding carboxylic acids is 4. The lowest BCUT2D eigenvalue weighted by Gasteiger charge is -2.35. The Morgan fingerprint density at radius 2 is 1.69 bits per heavy atom. The van der Waals surface area contributed by atoms with Crippen molar-refractivity contribution in [3.8, 4) is 0 Å². The second-order valence-corrected chi connectivity index (χ2v) is 12.0. The van der Waals surface area contributed by atoms with Gasteiger partial charge in [-0.25, -0.2) is 4.79 Å². The summed E-state index contributed by atoms with van der Waals surface area (Å²) in [5.41, 5.74) is 8.42. The zero-order chi connectivity index (χ0) is 31.6. The highest BCUT2D eigenvalue weighted by Gasteiger charge is 2.36. The van der Waals surface area contributed by atoms with Gasteiger partial charge in [0.05, 0.1) is 10.7 Å². The first-order valence-electron chi connectivity index (χ1n) is 14.4. The van der Waals surface area contributed by atoms with Gasteiger partial charge >= 0.3 is 6.09 Å². The van der Waals surface area contributed by atoms with Gasteiger partial charge in [-0.05, 0) is 82.7 Å². The van der Waals surface area contributed by atoms with Gasteiger partial charge < -0.3 is 26.0 Å². The van der Waals surface area contributed by atoms with Gasteiger partial charge in [0.25, 0.3) is 5.91 Å². The Morgan fingerprint density at radius 1 is 1.00 bits per heavy atom. The van der Waals surface area contributed by atoms with Crippen LogP contribution < -0.4 is 16.4 Å². The van der Waals surface area contributed by atoms with E-state index in [0.717, 1.165) is 29.5 Å². The van der Waals surface area contributed by atoms with Crippen LogP contribution in [0.1, 0.15) is 88.1 Å². The number of alkyl carbamates (subject to hydrolysis) is 1. The number of nitrogens with one attached hydrogen (secondary N) is 2. The Labute approximate surface area is 254 Å². The standard InChI is InChI=1S/C32H45ClN4O5/c1-8-9-10-18-37(30(40)25(16-17-26(34)38)35-31(41)42-32(5,6)7)28(23-15-14-20(2)22(4)19-23)29(39)36-27-21(3)12-11-13-24(27)33/h11-15,19,25,28H,8-10,16-18H2,1-7H3,(H2,34,38)(H,35,41)(H,36,39). The van der Waals surface area contributed by atoms with Crippen LogP contribution in [0.4, 0.5) is 10.5 Å². The molecule has 0 radical (unpaired) electrons. The van der Waals surface area contributed by atoms with E-state index >= 15 is 0 Å². The summed E-state index contributed by atoms with van der Waals surface area (Å²) in [5, 5.41) is 5.94. The van der Waals surface area contributed by atoms with Gasteiger partial charge in [-0.1, -0.05) is 61.7 Å². The van der Waals surface area contributed by atoms with Gasteiger partial charge in [0.15, 0.2) is 0 Å². The molecule has 2 unspecified atom stereocenters. The topological polar surface area (TPSA) is 131 Å². The molecule has 9 nitrogen and oxygen atoms in total. The molecule has 0 aliphatic heterocycles. The van der Waals surface area contributed by atoms with Crippen LogP contribution in [0.25, 0.3) is 0 Å². The molecule has 2 rings (SSSR count). The highest BCUT2D eigenvalue weighted by molar-refractivity contribution is 6.34. The van der Waals surface area contributed by atoms with Crippen LogP contribution in [0.2, 0.25) is 5.02 Å². The number of amides is 4. The average Bonchev–Trinajstić information content (AvgIpc) is 2.88. The van der Waals surface area contributed by atoms with E-state index in [1.165, 1.54) is 4.90 Å². The Hall–Kier alpha value is -3.59. The molecule has 42 heavy (non-hydrogen) atoms. The molecule has 2 aromatic rings. The van der Waals surface area contributed by atoms with Crippen molar-refractivity contribution in [3.63, 3.8) is 0 Å². The molecule has 4 amide bonds. The lowest BCUT2D eigenvalue weighted by molar-refractivity contribution is -0.141. The third-order valence-electron chi connectivity index (χ3n) is 6.83. The van der Waals surface area contributed by atoms with Crippen molar-refractivity contribution in [3.05, 3.63) is 63.7 Å².